The van der Waals surface area contributed by atoms with E-state index < -0.39 is 12.1 Å². The quantitative estimate of drug-likeness (QED) is 0.837. The molecule has 1 atom stereocenters. The maximum Gasteiger partial charge on any atom is 0.322 e. The van der Waals surface area contributed by atoms with Gasteiger partial charge < -0.3 is 10.2 Å². The Morgan fingerprint density at radius 1 is 1.12 bits per heavy atom. The summed E-state index contributed by atoms with van der Waals surface area (Å²) in [4.78, 5) is 39.6. The zero-order chi connectivity index (χ0) is 18.4. The van der Waals surface area contributed by atoms with E-state index in [0.717, 1.165) is 19.6 Å². The molecule has 0 aromatic heterocycles. The third kappa shape index (κ3) is 4.92. The molecular formula is C19H24N4O3. The van der Waals surface area contributed by atoms with Gasteiger partial charge in [-0.15, -0.1) is 0 Å². The number of carbonyl (C=O) groups is 3. The largest absolute Gasteiger partial charge is 0.338 e. The first-order valence-corrected chi connectivity index (χ1v) is 8.95. The summed E-state index contributed by atoms with van der Waals surface area (Å²) < 4.78 is 0. The summed E-state index contributed by atoms with van der Waals surface area (Å²) in [6.45, 7) is 3.69. The number of urea groups is 1. The molecule has 4 amide bonds. The zero-order valence-electron chi connectivity index (χ0n) is 14.7. The van der Waals surface area contributed by atoms with E-state index in [4.69, 9.17) is 0 Å². The van der Waals surface area contributed by atoms with Crippen LogP contribution >= 0.6 is 0 Å². The van der Waals surface area contributed by atoms with Crippen molar-refractivity contribution >= 4 is 23.9 Å². The van der Waals surface area contributed by atoms with Crippen molar-refractivity contribution in [1.29, 1.82) is 0 Å². The summed E-state index contributed by atoms with van der Waals surface area (Å²) in [5.41, 5.74) is 1.17. The number of piperazine rings is 1. The second-order valence-electron chi connectivity index (χ2n) is 6.55. The van der Waals surface area contributed by atoms with Crippen LogP contribution < -0.4 is 10.6 Å². The third-order valence-electron chi connectivity index (χ3n) is 4.67. The van der Waals surface area contributed by atoms with Crippen molar-refractivity contribution in [3.05, 3.63) is 42.0 Å². The third-order valence-corrected chi connectivity index (χ3v) is 4.67. The molecule has 2 N–H and O–H groups in total. The zero-order valence-corrected chi connectivity index (χ0v) is 14.7. The second kappa shape index (κ2) is 8.62. The van der Waals surface area contributed by atoms with Gasteiger partial charge in [0.25, 0.3) is 0 Å². The molecule has 0 saturated carbocycles. The van der Waals surface area contributed by atoms with E-state index in [9.17, 15) is 14.4 Å². The van der Waals surface area contributed by atoms with E-state index in [1.165, 1.54) is 5.56 Å². The van der Waals surface area contributed by atoms with Crippen LogP contribution in [0.3, 0.4) is 0 Å². The van der Waals surface area contributed by atoms with Crippen LogP contribution in [0, 0.1) is 0 Å². The van der Waals surface area contributed by atoms with Gasteiger partial charge in [-0.05, 0) is 12.0 Å². The molecule has 0 bridgehead atoms. The van der Waals surface area contributed by atoms with E-state index in [-0.39, 0.29) is 18.2 Å². The van der Waals surface area contributed by atoms with Crippen molar-refractivity contribution in [3.8, 4) is 0 Å². The molecule has 3 rings (SSSR count). The van der Waals surface area contributed by atoms with Gasteiger partial charge in [-0.1, -0.05) is 42.5 Å². The van der Waals surface area contributed by atoms with Crippen LogP contribution in [0.25, 0.3) is 6.08 Å². The van der Waals surface area contributed by atoms with Gasteiger partial charge in [-0.25, -0.2) is 4.79 Å². The Bertz CT molecular complexity index is 681. The van der Waals surface area contributed by atoms with E-state index in [2.05, 4.69) is 39.8 Å². The minimum Gasteiger partial charge on any atom is -0.338 e. The van der Waals surface area contributed by atoms with Crippen molar-refractivity contribution in [3.63, 3.8) is 0 Å². The number of hydrogen-bond donors (Lipinski definition) is 2. The summed E-state index contributed by atoms with van der Waals surface area (Å²) in [6.07, 6.45) is 4.76. The Balaban J connectivity index is 1.45. The van der Waals surface area contributed by atoms with Gasteiger partial charge in [0.15, 0.2) is 0 Å². The van der Waals surface area contributed by atoms with Gasteiger partial charge in [0.1, 0.15) is 6.04 Å². The summed E-state index contributed by atoms with van der Waals surface area (Å²) >= 11 is 0. The van der Waals surface area contributed by atoms with Crippen molar-refractivity contribution < 1.29 is 14.4 Å². The molecule has 2 aliphatic rings. The average molecular weight is 356 g/mol. The normalized spacial score (nSPS) is 22.0. The van der Waals surface area contributed by atoms with Gasteiger partial charge in [-0.3, -0.25) is 19.8 Å². The molecule has 7 nitrogen and oxygen atoms in total. The first-order chi connectivity index (χ1) is 12.6. The summed E-state index contributed by atoms with van der Waals surface area (Å²) in [7, 11) is 0. The highest BCUT2D eigenvalue weighted by atomic mass is 16.2. The fourth-order valence-corrected chi connectivity index (χ4v) is 3.19. The van der Waals surface area contributed by atoms with E-state index in [1.807, 2.05) is 18.2 Å². The minimum atomic E-state index is -0.619. The molecule has 1 aromatic carbocycles. The van der Waals surface area contributed by atoms with Gasteiger partial charge >= 0.3 is 6.03 Å². The molecule has 1 aromatic rings. The molecular weight excluding hydrogens is 332 g/mol. The molecule has 0 aliphatic carbocycles. The Morgan fingerprint density at radius 2 is 1.85 bits per heavy atom. The highest BCUT2D eigenvalue weighted by Gasteiger charge is 2.31. The number of imide groups is 1. The second-order valence-corrected chi connectivity index (χ2v) is 6.55. The van der Waals surface area contributed by atoms with Crippen LogP contribution in [0.15, 0.2) is 36.4 Å². The maximum atomic E-state index is 12.6. The molecule has 0 radical (unpaired) electrons. The Morgan fingerprint density at radius 3 is 2.58 bits per heavy atom. The first kappa shape index (κ1) is 18.1. The van der Waals surface area contributed by atoms with E-state index in [0.29, 0.717) is 19.5 Å². The number of nitrogens with one attached hydrogen (secondary N) is 2. The van der Waals surface area contributed by atoms with Crippen molar-refractivity contribution in [2.75, 3.05) is 32.7 Å². The van der Waals surface area contributed by atoms with Crippen LogP contribution in [0.4, 0.5) is 4.79 Å². The molecule has 1 unspecified atom stereocenters. The molecule has 2 fully saturated rings. The summed E-state index contributed by atoms with van der Waals surface area (Å²) in [5, 5.41) is 4.78. The highest BCUT2D eigenvalue weighted by Crippen LogP contribution is 2.10. The molecule has 26 heavy (non-hydrogen) atoms. The molecule has 2 heterocycles. The number of benzene rings is 1. The van der Waals surface area contributed by atoms with Crippen molar-refractivity contribution in [2.24, 2.45) is 0 Å². The van der Waals surface area contributed by atoms with Crippen LogP contribution in [0.5, 0.6) is 0 Å². The SMILES string of the molecule is O=C1CCC(C(=O)N2CCN(CC=Cc3ccccc3)CC2)NC(=O)N1. The molecule has 2 saturated heterocycles. The standard InChI is InChI=1S/C19H24N4O3/c24-17-9-8-16(20-19(26)21-17)18(25)23-13-11-22(12-14-23)10-4-7-15-5-2-1-3-6-15/h1-7,16H,8-14H2,(H2,20,21,24,26). The van der Waals surface area contributed by atoms with Crippen LogP contribution in [0.2, 0.25) is 0 Å². The van der Waals surface area contributed by atoms with Crippen LogP contribution in [-0.4, -0.2) is 66.4 Å². The van der Waals surface area contributed by atoms with Gasteiger partial charge in [0.05, 0.1) is 0 Å². The molecule has 0 spiro atoms. The average Bonchev–Trinajstić information content (AvgIpc) is 2.83. The Labute approximate surface area is 153 Å². The Kier molecular flexibility index (Phi) is 6.01. The molecule has 2 aliphatic heterocycles. The predicted octanol–water partition coefficient (Wildman–Crippen LogP) is 0.832. The Hall–Kier alpha value is -2.67. The van der Waals surface area contributed by atoms with Gasteiger partial charge in [0, 0.05) is 39.1 Å². The minimum absolute atomic E-state index is 0.102. The summed E-state index contributed by atoms with van der Waals surface area (Å²) in [5.74, 6) is -0.442. The first-order valence-electron chi connectivity index (χ1n) is 8.95. The van der Waals surface area contributed by atoms with E-state index >= 15 is 0 Å². The highest BCUT2D eigenvalue weighted by molar-refractivity contribution is 5.98. The lowest BCUT2D eigenvalue weighted by atomic mass is 10.1. The van der Waals surface area contributed by atoms with Crippen LogP contribution in [0.1, 0.15) is 18.4 Å². The van der Waals surface area contributed by atoms with Gasteiger partial charge in [0.2, 0.25) is 11.8 Å². The summed E-state index contributed by atoms with van der Waals surface area (Å²) in [6, 6.07) is 8.94. The fourth-order valence-electron chi connectivity index (χ4n) is 3.19. The van der Waals surface area contributed by atoms with Crippen molar-refractivity contribution in [2.45, 2.75) is 18.9 Å². The molecule has 138 valence electrons. The van der Waals surface area contributed by atoms with Gasteiger partial charge in [-0.2, -0.15) is 0 Å². The maximum absolute atomic E-state index is 12.6. The number of nitrogens with zero attached hydrogens (tertiary/aromatic N) is 2. The van der Waals surface area contributed by atoms with Crippen molar-refractivity contribution in [1.82, 2.24) is 20.4 Å². The lowest BCUT2D eigenvalue weighted by Gasteiger charge is -2.35. The lowest BCUT2D eigenvalue weighted by Crippen LogP contribution is -2.55. The molecule has 7 heteroatoms. The predicted molar refractivity (Wildman–Crippen MR) is 98.2 cm³/mol. The van der Waals surface area contributed by atoms with Crippen LogP contribution in [-0.2, 0) is 9.59 Å². The number of carbonyl (C=O) groups excluding carboxylic acids is 3. The topological polar surface area (TPSA) is 81.8 Å². The van der Waals surface area contributed by atoms with E-state index in [1.54, 1.807) is 4.90 Å². The number of hydrogen-bond acceptors (Lipinski definition) is 4. The monoisotopic (exact) mass is 356 g/mol. The number of rotatable bonds is 4. The smallest absolute Gasteiger partial charge is 0.322 e. The lowest BCUT2D eigenvalue weighted by molar-refractivity contribution is -0.135. The fraction of sp³-hybridized carbons (Fsp3) is 0.421. The number of amides is 4.